The molecule has 98 valence electrons. The van der Waals surface area contributed by atoms with E-state index in [2.05, 4.69) is 31.7 Å². The van der Waals surface area contributed by atoms with Gasteiger partial charge in [-0.15, -0.1) is 0 Å². The molecule has 2 rings (SSSR count). The van der Waals surface area contributed by atoms with E-state index >= 15 is 0 Å². The first kappa shape index (κ1) is 13.5. The number of carbonyl (C=O) groups excluding carboxylic acids is 1. The van der Waals surface area contributed by atoms with E-state index < -0.39 is 0 Å². The minimum atomic E-state index is -0.219. The fourth-order valence-corrected chi connectivity index (χ4v) is 1.85. The van der Waals surface area contributed by atoms with Crippen molar-refractivity contribution in [2.24, 2.45) is 5.84 Å². The van der Waals surface area contributed by atoms with Gasteiger partial charge in [-0.05, 0) is 29.8 Å². The van der Waals surface area contributed by atoms with E-state index in [1.165, 1.54) is 0 Å². The van der Waals surface area contributed by atoms with Crippen LogP contribution >= 0.6 is 15.9 Å². The van der Waals surface area contributed by atoms with Gasteiger partial charge in [0.25, 0.3) is 5.91 Å². The second-order valence-corrected chi connectivity index (χ2v) is 4.77. The van der Waals surface area contributed by atoms with Gasteiger partial charge < -0.3 is 10.7 Å². The zero-order valence-corrected chi connectivity index (χ0v) is 11.6. The van der Waals surface area contributed by atoms with Crippen LogP contribution in [0.25, 0.3) is 0 Å². The topological polar surface area (TPSA) is 80.0 Å². The Labute approximate surface area is 119 Å². The standard InChI is InChI=1S/C13H13BrN4O/c14-10-5-3-9(4-6-10)8-17-13(19)11-2-1-7-16-12(11)18-15/h1-7H,8,15H2,(H,16,18)(H,17,19). The predicted octanol–water partition coefficient (Wildman–Crippen LogP) is 2.06. The summed E-state index contributed by atoms with van der Waals surface area (Å²) in [5, 5.41) is 2.82. The summed E-state index contributed by atoms with van der Waals surface area (Å²) in [5.41, 5.74) is 3.84. The van der Waals surface area contributed by atoms with E-state index in [1.807, 2.05) is 24.3 Å². The molecule has 4 N–H and O–H groups in total. The molecular formula is C13H13BrN4O. The summed E-state index contributed by atoms with van der Waals surface area (Å²) in [6.07, 6.45) is 1.57. The number of hydrogen-bond donors (Lipinski definition) is 3. The second kappa shape index (κ2) is 6.31. The third kappa shape index (κ3) is 3.52. The quantitative estimate of drug-likeness (QED) is 0.595. The van der Waals surface area contributed by atoms with Crippen molar-refractivity contribution >= 4 is 27.7 Å². The van der Waals surface area contributed by atoms with Crippen LogP contribution in [-0.2, 0) is 6.54 Å². The molecule has 1 aromatic heterocycles. The highest BCUT2D eigenvalue weighted by Crippen LogP contribution is 2.12. The molecule has 6 heteroatoms. The Morgan fingerprint density at radius 1 is 1.26 bits per heavy atom. The maximum Gasteiger partial charge on any atom is 0.255 e. The van der Waals surface area contributed by atoms with Crippen LogP contribution in [0.15, 0.2) is 47.1 Å². The molecule has 0 spiro atoms. The van der Waals surface area contributed by atoms with Crippen LogP contribution in [0.4, 0.5) is 5.82 Å². The molecule has 0 aliphatic carbocycles. The van der Waals surface area contributed by atoms with Gasteiger partial charge in [0, 0.05) is 17.2 Å². The Morgan fingerprint density at radius 2 is 2.00 bits per heavy atom. The molecule has 0 atom stereocenters. The van der Waals surface area contributed by atoms with Gasteiger partial charge in [0.1, 0.15) is 0 Å². The third-order valence-electron chi connectivity index (χ3n) is 2.56. The zero-order chi connectivity index (χ0) is 13.7. The van der Waals surface area contributed by atoms with Gasteiger partial charge >= 0.3 is 0 Å². The first-order valence-corrected chi connectivity index (χ1v) is 6.44. The average Bonchev–Trinajstić information content (AvgIpc) is 2.46. The Kier molecular flexibility index (Phi) is 4.48. The SMILES string of the molecule is NNc1ncccc1C(=O)NCc1ccc(Br)cc1. The summed E-state index contributed by atoms with van der Waals surface area (Å²) in [6.45, 7) is 0.449. The number of halogens is 1. The van der Waals surface area contributed by atoms with Crippen molar-refractivity contribution in [2.45, 2.75) is 6.54 Å². The van der Waals surface area contributed by atoms with Crippen LogP contribution in [0.1, 0.15) is 15.9 Å². The summed E-state index contributed by atoms with van der Waals surface area (Å²) in [5.74, 6) is 5.45. The fraction of sp³-hybridized carbons (Fsp3) is 0.0769. The Hall–Kier alpha value is -1.92. The van der Waals surface area contributed by atoms with Crippen LogP contribution in [-0.4, -0.2) is 10.9 Å². The number of hydrogen-bond acceptors (Lipinski definition) is 4. The number of hydrazine groups is 1. The number of nitrogen functional groups attached to an aromatic ring is 1. The molecule has 0 saturated heterocycles. The molecule has 0 saturated carbocycles. The second-order valence-electron chi connectivity index (χ2n) is 3.85. The summed E-state index contributed by atoms with van der Waals surface area (Å²) >= 11 is 3.36. The fourth-order valence-electron chi connectivity index (χ4n) is 1.58. The van der Waals surface area contributed by atoms with Crippen LogP contribution in [0.3, 0.4) is 0 Å². The number of nitrogens with two attached hydrogens (primary N) is 1. The first-order chi connectivity index (χ1) is 9.20. The number of rotatable bonds is 4. The monoisotopic (exact) mass is 320 g/mol. The van der Waals surface area contributed by atoms with E-state index in [0.29, 0.717) is 17.9 Å². The molecule has 0 aliphatic rings. The maximum atomic E-state index is 12.0. The minimum absolute atomic E-state index is 0.219. The number of anilines is 1. The number of amides is 1. The number of carbonyl (C=O) groups is 1. The predicted molar refractivity (Wildman–Crippen MR) is 77.4 cm³/mol. The lowest BCUT2D eigenvalue weighted by atomic mass is 10.2. The molecule has 1 heterocycles. The molecule has 0 fully saturated rings. The van der Waals surface area contributed by atoms with Gasteiger partial charge in [0.05, 0.1) is 5.56 Å². The smallest absolute Gasteiger partial charge is 0.255 e. The highest BCUT2D eigenvalue weighted by Gasteiger charge is 2.10. The minimum Gasteiger partial charge on any atom is -0.348 e. The van der Waals surface area contributed by atoms with Crippen LogP contribution in [0.2, 0.25) is 0 Å². The molecular weight excluding hydrogens is 308 g/mol. The van der Waals surface area contributed by atoms with Crippen molar-refractivity contribution < 1.29 is 4.79 Å². The number of nitrogens with zero attached hydrogens (tertiary/aromatic N) is 1. The van der Waals surface area contributed by atoms with Gasteiger partial charge in [-0.3, -0.25) is 4.79 Å². The lowest BCUT2D eigenvalue weighted by molar-refractivity contribution is 0.0951. The number of benzene rings is 1. The molecule has 19 heavy (non-hydrogen) atoms. The summed E-state index contributed by atoms with van der Waals surface area (Å²) in [4.78, 5) is 16.0. The number of pyridine rings is 1. The Balaban J connectivity index is 2.03. The number of nitrogens with one attached hydrogen (secondary N) is 2. The normalized spacial score (nSPS) is 10.0. The average molecular weight is 321 g/mol. The van der Waals surface area contributed by atoms with Crippen LogP contribution in [0.5, 0.6) is 0 Å². The van der Waals surface area contributed by atoms with Crippen molar-refractivity contribution in [1.29, 1.82) is 0 Å². The Morgan fingerprint density at radius 3 is 2.68 bits per heavy atom. The lowest BCUT2D eigenvalue weighted by Gasteiger charge is -2.08. The molecule has 1 amide bonds. The molecule has 0 bridgehead atoms. The summed E-state index contributed by atoms with van der Waals surface area (Å²) < 4.78 is 1.00. The van der Waals surface area contributed by atoms with Crippen molar-refractivity contribution in [3.63, 3.8) is 0 Å². The van der Waals surface area contributed by atoms with Crippen LogP contribution < -0.4 is 16.6 Å². The molecule has 1 aromatic carbocycles. The Bertz CT molecular complexity index is 571. The molecule has 0 unspecified atom stereocenters. The highest BCUT2D eigenvalue weighted by molar-refractivity contribution is 9.10. The van der Waals surface area contributed by atoms with Crippen molar-refractivity contribution in [2.75, 3.05) is 5.43 Å². The summed E-state index contributed by atoms with van der Waals surface area (Å²) in [7, 11) is 0. The van der Waals surface area contributed by atoms with Crippen molar-refractivity contribution in [3.8, 4) is 0 Å². The third-order valence-corrected chi connectivity index (χ3v) is 3.08. The molecule has 5 nitrogen and oxygen atoms in total. The molecule has 0 aliphatic heterocycles. The highest BCUT2D eigenvalue weighted by atomic mass is 79.9. The van der Waals surface area contributed by atoms with E-state index in [9.17, 15) is 4.79 Å². The molecule has 0 radical (unpaired) electrons. The lowest BCUT2D eigenvalue weighted by Crippen LogP contribution is -2.25. The van der Waals surface area contributed by atoms with E-state index in [0.717, 1.165) is 10.0 Å². The van der Waals surface area contributed by atoms with Gasteiger partial charge in [0.15, 0.2) is 5.82 Å². The van der Waals surface area contributed by atoms with Crippen LogP contribution in [0, 0.1) is 0 Å². The van der Waals surface area contributed by atoms with Gasteiger partial charge in [-0.25, -0.2) is 10.8 Å². The van der Waals surface area contributed by atoms with Gasteiger partial charge in [-0.2, -0.15) is 0 Å². The largest absolute Gasteiger partial charge is 0.348 e. The molecule has 2 aromatic rings. The van der Waals surface area contributed by atoms with Gasteiger partial charge in [-0.1, -0.05) is 28.1 Å². The zero-order valence-electron chi connectivity index (χ0n) is 10.1. The van der Waals surface area contributed by atoms with E-state index in [4.69, 9.17) is 5.84 Å². The van der Waals surface area contributed by atoms with Crippen molar-refractivity contribution in [3.05, 3.63) is 58.2 Å². The van der Waals surface area contributed by atoms with Crippen molar-refractivity contribution in [1.82, 2.24) is 10.3 Å². The number of aromatic nitrogens is 1. The van der Waals surface area contributed by atoms with E-state index in [1.54, 1.807) is 18.3 Å². The summed E-state index contributed by atoms with van der Waals surface area (Å²) in [6, 6.07) is 11.1. The van der Waals surface area contributed by atoms with Gasteiger partial charge in [0.2, 0.25) is 0 Å². The first-order valence-electron chi connectivity index (χ1n) is 5.65. The maximum absolute atomic E-state index is 12.0. The van der Waals surface area contributed by atoms with E-state index in [-0.39, 0.29) is 5.91 Å².